The molecule has 0 unspecified atom stereocenters. The molecule has 0 aliphatic carbocycles. The summed E-state index contributed by atoms with van der Waals surface area (Å²) in [5.41, 5.74) is 5.74. The van der Waals surface area contributed by atoms with Crippen LogP contribution in [0.3, 0.4) is 0 Å². The quantitative estimate of drug-likeness (QED) is 0.0377. The number of likely N-dealkylation sites (tertiary alicyclic amines) is 1. The predicted molar refractivity (Wildman–Crippen MR) is 236 cm³/mol. The van der Waals surface area contributed by atoms with Crippen molar-refractivity contribution in [2.45, 2.75) is 219 Å². The minimum atomic E-state index is -0.0828. The number of ether oxygens (including phenoxy) is 2. The van der Waals surface area contributed by atoms with Gasteiger partial charge in [-0.1, -0.05) is 141 Å². The number of nitrogens with zero attached hydrogens (tertiary/aromatic N) is 2. The van der Waals surface area contributed by atoms with Gasteiger partial charge in [-0.15, -0.1) is 0 Å². The van der Waals surface area contributed by atoms with Crippen LogP contribution in [0, 0.1) is 0 Å². The first-order chi connectivity index (χ1) is 27.1. The molecule has 7 nitrogen and oxygen atoms in total. The van der Waals surface area contributed by atoms with E-state index in [9.17, 15) is 9.59 Å². The molecule has 0 spiro atoms. The summed E-state index contributed by atoms with van der Waals surface area (Å²) in [6, 6.07) is 0.419. The molecule has 0 aromatic heterocycles. The van der Waals surface area contributed by atoms with Crippen molar-refractivity contribution in [1.29, 1.82) is 0 Å². The van der Waals surface area contributed by atoms with E-state index in [1.807, 2.05) is 0 Å². The van der Waals surface area contributed by atoms with Crippen LogP contribution in [0.5, 0.6) is 0 Å². The highest BCUT2D eigenvalue weighted by atomic mass is 16.5. The number of carbonyl (C=O) groups is 2. The molecule has 0 atom stereocenters. The summed E-state index contributed by atoms with van der Waals surface area (Å²) in [5.74, 6) is -0.166. The Bertz CT molecular complexity index is 844. The van der Waals surface area contributed by atoms with E-state index in [-0.39, 0.29) is 11.9 Å². The van der Waals surface area contributed by atoms with Gasteiger partial charge < -0.3 is 20.1 Å². The normalized spacial score (nSPS) is 14.2. The topological polar surface area (TPSA) is 85.1 Å². The summed E-state index contributed by atoms with van der Waals surface area (Å²) in [6.45, 7) is 10.6. The molecule has 0 radical (unpaired) electrons. The van der Waals surface area contributed by atoms with Gasteiger partial charge in [-0.25, -0.2) is 0 Å². The Morgan fingerprint density at radius 1 is 0.545 bits per heavy atom. The third-order valence-electron chi connectivity index (χ3n) is 11.3. The molecule has 2 N–H and O–H groups in total. The zero-order valence-corrected chi connectivity index (χ0v) is 36.6. The summed E-state index contributed by atoms with van der Waals surface area (Å²) in [4.78, 5) is 29.9. The van der Waals surface area contributed by atoms with Gasteiger partial charge in [-0.3, -0.25) is 14.5 Å². The fourth-order valence-corrected chi connectivity index (χ4v) is 7.68. The number of hydrogen-bond donors (Lipinski definition) is 1. The van der Waals surface area contributed by atoms with Crippen molar-refractivity contribution >= 4 is 11.9 Å². The fraction of sp³-hybridized carbons (Fsp3) is 0.875. The number of carbonyl (C=O) groups excluding carboxylic acids is 2. The van der Waals surface area contributed by atoms with Crippen LogP contribution in [0.1, 0.15) is 213 Å². The molecule has 0 aromatic rings. The molecular weight excluding hydrogens is 683 g/mol. The Kier molecular flexibility index (Phi) is 37.8. The van der Waals surface area contributed by atoms with E-state index < -0.39 is 0 Å². The van der Waals surface area contributed by atoms with Crippen LogP contribution in [0.4, 0.5) is 0 Å². The highest BCUT2D eigenvalue weighted by molar-refractivity contribution is 5.69. The zero-order valence-electron chi connectivity index (χ0n) is 36.6. The lowest BCUT2D eigenvalue weighted by Gasteiger charge is -2.38. The van der Waals surface area contributed by atoms with Crippen LogP contribution in [0.25, 0.3) is 0 Å². The minimum Gasteiger partial charge on any atom is -0.464 e. The first-order valence-corrected chi connectivity index (χ1v) is 23.9. The summed E-state index contributed by atoms with van der Waals surface area (Å²) in [6.07, 6.45) is 46.2. The molecule has 0 bridgehead atoms. The molecule has 0 aromatic carbocycles. The first-order valence-electron chi connectivity index (χ1n) is 23.9. The van der Waals surface area contributed by atoms with Gasteiger partial charge in [0.25, 0.3) is 0 Å². The Hall–Kier alpha value is -1.70. The van der Waals surface area contributed by atoms with Crippen molar-refractivity contribution in [2.24, 2.45) is 5.73 Å². The van der Waals surface area contributed by atoms with E-state index >= 15 is 0 Å². The van der Waals surface area contributed by atoms with Crippen LogP contribution in [-0.2, 0) is 19.1 Å². The highest BCUT2D eigenvalue weighted by Crippen LogP contribution is 2.18. The maximum Gasteiger partial charge on any atom is 0.305 e. The van der Waals surface area contributed by atoms with Crippen molar-refractivity contribution in [3.8, 4) is 0 Å². The van der Waals surface area contributed by atoms with Crippen LogP contribution in [-0.4, -0.2) is 80.3 Å². The number of unbranched alkanes of at least 4 members (excludes halogenated alkanes) is 22. The zero-order chi connectivity index (χ0) is 39.7. The average molecular weight is 774 g/mol. The van der Waals surface area contributed by atoms with Gasteiger partial charge in [0.2, 0.25) is 0 Å². The molecule has 322 valence electrons. The number of allylic oxidation sites excluding steroid dienone is 4. The molecule has 1 heterocycles. The second-order valence-electron chi connectivity index (χ2n) is 16.4. The molecule has 0 amide bonds. The second kappa shape index (κ2) is 40.5. The summed E-state index contributed by atoms with van der Waals surface area (Å²) >= 11 is 0. The lowest BCUT2D eigenvalue weighted by molar-refractivity contribution is -0.145. The molecule has 1 fully saturated rings. The molecule has 1 aliphatic heterocycles. The van der Waals surface area contributed by atoms with Crippen molar-refractivity contribution in [2.75, 3.05) is 52.5 Å². The SMILES string of the molecule is CCCCCCCC/C=C\CCCCCCCC(=O)OCCN(CCOC(=O)CCCCCCC/C=C\CCCCCCCC)C1CCN(CCCN)CC1. The summed E-state index contributed by atoms with van der Waals surface area (Å²) in [5, 5.41) is 0. The van der Waals surface area contributed by atoms with Crippen molar-refractivity contribution in [3.05, 3.63) is 24.3 Å². The van der Waals surface area contributed by atoms with E-state index in [2.05, 4.69) is 48.0 Å². The molecule has 1 aliphatic rings. The van der Waals surface area contributed by atoms with Crippen LogP contribution in [0.15, 0.2) is 24.3 Å². The Morgan fingerprint density at radius 2 is 0.909 bits per heavy atom. The standard InChI is InChI=1S/C48H91N3O4/c1-3-5-7-9-11-13-15-17-19-21-23-25-27-29-31-34-47(52)54-44-42-51(46-36-40-50(41-37-46)39-33-38-49)43-45-55-48(53)35-32-30-28-26-24-22-20-18-16-14-12-10-8-6-4-2/h17-20,46H,3-16,21-45,49H2,1-2H3/b19-17-,20-18-. The number of hydrogen-bond acceptors (Lipinski definition) is 7. The van der Waals surface area contributed by atoms with Gasteiger partial charge in [0.1, 0.15) is 13.2 Å². The molecule has 7 heteroatoms. The van der Waals surface area contributed by atoms with E-state index in [1.165, 1.54) is 141 Å². The van der Waals surface area contributed by atoms with Gasteiger partial charge in [-0.2, -0.15) is 0 Å². The van der Waals surface area contributed by atoms with Crippen LogP contribution in [0.2, 0.25) is 0 Å². The van der Waals surface area contributed by atoms with Gasteiger partial charge >= 0.3 is 11.9 Å². The lowest BCUT2D eigenvalue weighted by atomic mass is 10.0. The van der Waals surface area contributed by atoms with Gasteiger partial charge in [-0.05, 0) is 110 Å². The minimum absolute atomic E-state index is 0.0828. The number of piperidine rings is 1. The third-order valence-corrected chi connectivity index (χ3v) is 11.3. The highest BCUT2D eigenvalue weighted by Gasteiger charge is 2.24. The number of nitrogens with two attached hydrogens (primary N) is 1. The van der Waals surface area contributed by atoms with Gasteiger partial charge in [0.15, 0.2) is 0 Å². The van der Waals surface area contributed by atoms with Crippen LogP contribution >= 0.6 is 0 Å². The largest absolute Gasteiger partial charge is 0.464 e. The summed E-state index contributed by atoms with van der Waals surface area (Å²) in [7, 11) is 0. The molecule has 0 saturated carbocycles. The third kappa shape index (κ3) is 34.1. The van der Waals surface area contributed by atoms with Gasteiger partial charge in [0.05, 0.1) is 0 Å². The summed E-state index contributed by atoms with van der Waals surface area (Å²) < 4.78 is 11.4. The Morgan fingerprint density at radius 3 is 1.29 bits per heavy atom. The Balaban J connectivity index is 2.19. The first kappa shape index (κ1) is 51.3. The second-order valence-corrected chi connectivity index (χ2v) is 16.4. The van der Waals surface area contributed by atoms with Crippen molar-refractivity contribution < 1.29 is 19.1 Å². The lowest BCUT2D eigenvalue weighted by Crippen LogP contribution is -2.47. The van der Waals surface area contributed by atoms with Crippen LogP contribution < -0.4 is 5.73 Å². The predicted octanol–water partition coefficient (Wildman–Crippen LogP) is 12.3. The van der Waals surface area contributed by atoms with E-state index in [4.69, 9.17) is 15.2 Å². The van der Waals surface area contributed by atoms with E-state index in [0.717, 1.165) is 71.1 Å². The molecule has 1 rings (SSSR count). The van der Waals surface area contributed by atoms with E-state index in [0.29, 0.717) is 45.2 Å². The Labute approximate surface area is 341 Å². The molecule has 55 heavy (non-hydrogen) atoms. The monoisotopic (exact) mass is 774 g/mol. The smallest absolute Gasteiger partial charge is 0.305 e. The van der Waals surface area contributed by atoms with E-state index in [1.54, 1.807) is 0 Å². The molecule has 1 saturated heterocycles. The average Bonchev–Trinajstić information content (AvgIpc) is 3.19. The number of rotatable bonds is 40. The van der Waals surface area contributed by atoms with Crippen molar-refractivity contribution in [1.82, 2.24) is 9.80 Å². The maximum absolute atomic E-state index is 12.5. The molecular formula is C48H91N3O4. The van der Waals surface area contributed by atoms with Gasteiger partial charge in [0, 0.05) is 32.0 Å². The van der Waals surface area contributed by atoms with Crippen molar-refractivity contribution in [3.63, 3.8) is 0 Å². The maximum atomic E-state index is 12.5. The number of esters is 2. The fourth-order valence-electron chi connectivity index (χ4n) is 7.68.